The fourth-order valence-corrected chi connectivity index (χ4v) is 3.24. The molecule has 6 heteroatoms. The van der Waals surface area contributed by atoms with Gasteiger partial charge in [0.1, 0.15) is 5.76 Å². The molecule has 0 radical (unpaired) electrons. The molecule has 21 heavy (non-hydrogen) atoms. The molecule has 0 N–H and O–H groups in total. The van der Waals surface area contributed by atoms with Gasteiger partial charge in [-0.25, -0.2) is 4.98 Å². The number of morpholine rings is 1. The molecule has 0 spiro atoms. The standard InChI is InChI=1S/C15H18N2O3S/c1-9-7-17(8-10(2)19-9)15(18)13-11(3)20-14(16-13)12-5-4-6-21-12/h4-6,9-10H,7-8H2,1-3H3. The summed E-state index contributed by atoms with van der Waals surface area (Å²) in [6, 6.07) is 3.87. The van der Waals surface area contributed by atoms with Gasteiger partial charge in [-0.05, 0) is 32.2 Å². The third kappa shape index (κ3) is 2.87. The van der Waals surface area contributed by atoms with Crippen molar-refractivity contribution in [1.82, 2.24) is 9.88 Å². The molecule has 3 heterocycles. The van der Waals surface area contributed by atoms with Crippen LogP contribution in [0, 0.1) is 6.92 Å². The number of nitrogens with zero attached hydrogens (tertiary/aromatic N) is 2. The minimum Gasteiger partial charge on any atom is -0.440 e. The molecule has 5 nitrogen and oxygen atoms in total. The molecule has 0 aliphatic carbocycles. The van der Waals surface area contributed by atoms with Crippen LogP contribution in [0.25, 0.3) is 10.8 Å². The Balaban J connectivity index is 1.85. The molecule has 2 aromatic rings. The Morgan fingerprint density at radius 3 is 2.71 bits per heavy atom. The van der Waals surface area contributed by atoms with Gasteiger partial charge in [-0.15, -0.1) is 11.3 Å². The van der Waals surface area contributed by atoms with Crippen LogP contribution in [-0.2, 0) is 4.74 Å². The highest BCUT2D eigenvalue weighted by Crippen LogP contribution is 2.26. The van der Waals surface area contributed by atoms with Gasteiger partial charge >= 0.3 is 0 Å². The molecule has 0 bridgehead atoms. The van der Waals surface area contributed by atoms with Crippen LogP contribution >= 0.6 is 11.3 Å². The molecule has 0 saturated carbocycles. The van der Waals surface area contributed by atoms with Gasteiger partial charge in [0, 0.05) is 13.1 Å². The second-order valence-corrected chi connectivity index (χ2v) is 6.32. The van der Waals surface area contributed by atoms with Crippen molar-refractivity contribution in [3.8, 4) is 10.8 Å². The number of ether oxygens (including phenoxy) is 1. The summed E-state index contributed by atoms with van der Waals surface area (Å²) in [6.45, 7) is 6.91. The summed E-state index contributed by atoms with van der Waals surface area (Å²) in [5, 5.41) is 1.96. The van der Waals surface area contributed by atoms with Crippen LogP contribution in [0.2, 0.25) is 0 Å². The maximum Gasteiger partial charge on any atom is 0.276 e. The van der Waals surface area contributed by atoms with Crippen molar-refractivity contribution in [3.63, 3.8) is 0 Å². The molecular weight excluding hydrogens is 288 g/mol. The van der Waals surface area contributed by atoms with Gasteiger partial charge in [0.25, 0.3) is 5.91 Å². The zero-order valence-electron chi connectivity index (χ0n) is 12.3. The quantitative estimate of drug-likeness (QED) is 0.856. The summed E-state index contributed by atoms with van der Waals surface area (Å²) >= 11 is 1.54. The van der Waals surface area contributed by atoms with Gasteiger partial charge in [0.15, 0.2) is 5.69 Å². The molecular formula is C15H18N2O3S. The van der Waals surface area contributed by atoms with E-state index in [1.807, 2.05) is 31.4 Å². The first-order valence-electron chi connectivity index (χ1n) is 7.00. The molecule has 2 aromatic heterocycles. The SMILES string of the molecule is Cc1oc(-c2cccs2)nc1C(=O)N1CC(C)OC(C)C1. The number of aryl methyl sites for hydroxylation is 1. The van der Waals surface area contributed by atoms with Crippen molar-refractivity contribution in [1.29, 1.82) is 0 Å². The van der Waals surface area contributed by atoms with Crippen LogP contribution < -0.4 is 0 Å². The minimum atomic E-state index is -0.0824. The van der Waals surface area contributed by atoms with Crippen LogP contribution in [-0.4, -0.2) is 41.1 Å². The van der Waals surface area contributed by atoms with Crippen molar-refractivity contribution < 1.29 is 13.9 Å². The predicted molar refractivity (Wildman–Crippen MR) is 80.5 cm³/mol. The number of rotatable bonds is 2. The number of amides is 1. The Morgan fingerprint density at radius 1 is 1.38 bits per heavy atom. The van der Waals surface area contributed by atoms with E-state index in [2.05, 4.69) is 4.98 Å². The smallest absolute Gasteiger partial charge is 0.276 e. The van der Waals surface area contributed by atoms with Crippen molar-refractivity contribution >= 4 is 17.2 Å². The van der Waals surface area contributed by atoms with E-state index < -0.39 is 0 Å². The van der Waals surface area contributed by atoms with Crippen LogP contribution in [0.4, 0.5) is 0 Å². The first-order chi connectivity index (χ1) is 10.0. The van der Waals surface area contributed by atoms with E-state index in [0.717, 1.165) is 4.88 Å². The van der Waals surface area contributed by atoms with E-state index >= 15 is 0 Å². The summed E-state index contributed by atoms with van der Waals surface area (Å²) in [7, 11) is 0. The fourth-order valence-electron chi connectivity index (χ4n) is 2.59. The van der Waals surface area contributed by atoms with E-state index in [-0.39, 0.29) is 18.1 Å². The zero-order chi connectivity index (χ0) is 15.0. The van der Waals surface area contributed by atoms with Gasteiger partial charge < -0.3 is 14.1 Å². The summed E-state index contributed by atoms with van der Waals surface area (Å²) in [6.07, 6.45) is 0.0864. The number of thiophene rings is 1. The first-order valence-corrected chi connectivity index (χ1v) is 7.88. The van der Waals surface area contributed by atoms with Crippen molar-refractivity contribution in [2.24, 2.45) is 0 Å². The van der Waals surface area contributed by atoms with Crippen molar-refractivity contribution in [2.75, 3.05) is 13.1 Å². The number of oxazole rings is 1. The second-order valence-electron chi connectivity index (χ2n) is 5.37. The van der Waals surface area contributed by atoms with E-state index in [9.17, 15) is 4.79 Å². The van der Waals surface area contributed by atoms with Crippen LogP contribution in [0.5, 0.6) is 0 Å². The lowest BCUT2D eigenvalue weighted by atomic mass is 10.2. The van der Waals surface area contributed by atoms with Gasteiger partial charge in [0.2, 0.25) is 5.89 Å². The average molecular weight is 306 g/mol. The number of carbonyl (C=O) groups excluding carboxylic acids is 1. The topological polar surface area (TPSA) is 55.6 Å². The van der Waals surface area contributed by atoms with E-state index in [1.54, 1.807) is 23.2 Å². The lowest BCUT2D eigenvalue weighted by Gasteiger charge is -2.34. The van der Waals surface area contributed by atoms with Gasteiger partial charge in [-0.2, -0.15) is 0 Å². The van der Waals surface area contributed by atoms with Gasteiger partial charge in [-0.1, -0.05) is 6.07 Å². The third-order valence-electron chi connectivity index (χ3n) is 3.44. The molecule has 2 atom stereocenters. The molecule has 1 aliphatic heterocycles. The minimum absolute atomic E-state index is 0.0432. The monoisotopic (exact) mass is 306 g/mol. The average Bonchev–Trinajstić information content (AvgIpc) is 3.05. The normalized spacial score (nSPS) is 22.5. The lowest BCUT2D eigenvalue weighted by Crippen LogP contribution is -2.48. The number of carbonyl (C=O) groups is 1. The summed E-state index contributed by atoms with van der Waals surface area (Å²) in [5.41, 5.74) is 0.403. The number of aromatic nitrogens is 1. The Hall–Kier alpha value is -1.66. The maximum atomic E-state index is 12.6. The highest BCUT2D eigenvalue weighted by Gasteiger charge is 2.29. The summed E-state index contributed by atoms with van der Waals surface area (Å²) in [4.78, 5) is 19.8. The molecule has 0 aromatic carbocycles. The van der Waals surface area contributed by atoms with E-state index in [4.69, 9.17) is 9.15 Å². The van der Waals surface area contributed by atoms with Crippen molar-refractivity contribution in [2.45, 2.75) is 33.0 Å². The maximum absolute atomic E-state index is 12.6. The Kier molecular flexibility index (Phi) is 3.82. The Bertz CT molecular complexity index is 625. The number of hydrogen-bond donors (Lipinski definition) is 0. The van der Waals surface area contributed by atoms with Gasteiger partial charge in [-0.3, -0.25) is 4.79 Å². The molecule has 1 amide bonds. The molecule has 112 valence electrons. The molecule has 3 rings (SSSR count). The van der Waals surface area contributed by atoms with Crippen LogP contribution in [0.15, 0.2) is 21.9 Å². The van der Waals surface area contributed by atoms with Crippen LogP contribution in [0.3, 0.4) is 0 Å². The molecule has 1 fully saturated rings. The summed E-state index contributed by atoms with van der Waals surface area (Å²) in [5.74, 6) is 0.997. The predicted octanol–water partition coefficient (Wildman–Crippen LogP) is 2.96. The molecule has 2 unspecified atom stereocenters. The highest BCUT2D eigenvalue weighted by atomic mass is 32.1. The van der Waals surface area contributed by atoms with Gasteiger partial charge in [0.05, 0.1) is 17.1 Å². The Morgan fingerprint density at radius 2 is 2.10 bits per heavy atom. The summed E-state index contributed by atoms with van der Waals surface area (Å²) < 4.78 is 11.3. The first kappa shape index (κ1) is 14.3. The van der Waals surface area contributed by atoms with E-state index in [1.165, 1.54) is 0 Å². The van der Waals surface area contributed by atoms with Crippen molar-refractivity contribution in [3.05, 3.63) is 29.0 Å². The molecule has 1 aliphatic rings. The third-order valence-corrected chi connectivity index (χ3v) is 4.30. The Labute approximate surface area is 127 Å². The largest absolute Gasteiger partial charge is 0.440 e. The highest BCUT2D eigenvalue weighted by molar-refractivity contribution is 7.13. The molecule has 1 saturated heterocycles. The zero-order valence-corrected chi connectivity index (χ0v) is 13.1. The number of hydrogen-bond acceptors (Lipinski definition) is 5. The van der Waals surface area contributed by atoms with Crippen LogP contribution in [0.1, 0.15) is 30.1 Å². The lowest BCUT2D eigenvalue weighted by molar-refractivity contribution is -0.0587. The second kappa shape index (κ2) is 5.61. The van der Waals surface area contributed by atoms with E-state index in [0.29, 0.717) is 30.4 Å². The fraction of sp³-hybridized carbons (Fsp3) is 0.467.